The van der Waals surface area contributed by atoms with Crippen molar-refractivity contribution in [1.82, 2.24) is 0 Å². The topological polar surface area (TPSA) is 3.24 Å². The molecule has 100 valence electrons. The van der Waals surface area contributed by atoms with Crippen LogP contribution in [0.15, 0.2) is 42.5 Å². The highest BCUT2D eigenvalue weighted by Gasteiger charge is 2.13. The standard InChI is InChI=1S/C15H14ClF2N/c1-2-19(13-5-3-4-12(17)9-13)15-7-6-11(10-16)8-14(15)18/h3-9H,2,10H2,1H3. The normalized spacial score (nSPS) is 10.5. The van der Waals surface area contributed by atoms with Crippen LogP contribution in [0, 0.1) is 11.6 Å². The summed E-state index contributed by atoms with van der Waals surface area (Å²) in [4.78, 5) is 1.72. The Bertz CT molecular complexity index is 572. The molecule has 0 aromatic heterocycles. The van der Waals surface area contributed by atoms with Gasteiger partial charge in [0.15, 0.2) is 0 Å². The van der Waals surface area contributed by atoms with Gasteiger partial charge in [-0.25, -0.2) is 8.78 Å². The Labute approximate surface area is 116 Å². The van der Waals surface area contributed by atoms with E-state index in [0.29, 0.717) is 17.9 Å². The van der Waals surface area contributed by atoms with E-state index in [1.165, 1.54) is 18.2 Å². The molecule has 0 N–H and O–H groups in total. The van der Waals surface area contributed by atoms with Crippen molar-refractivity contribution in [3.8, 4) is 0 Å². The van der Waals surface area contributed by atoms with E-state index < -0.39 is 0 Å². The molecule has 0 fully saturated rings. The van der Waals surface area contributed by atoms with Crippen LogP contribution in [0.25, 0.3) is 0 Å². The molecule has 0 radical (unpaired) electrons. The zero-order valence-electron chi connectivity index (χ0n) is 10.5. The predicted octanol–water partition coefficient (Wildman–Crippen LogP) is 4.86. The first-order chi connectivity index (χ1) is 9.15. The number of rotatable bonds is 4. The molecule has 0 amide bonds. The fourth-order valence-corrected chi connectivity index (χ4v) is 2.15. The summed E-state index contributed by atoms with van der Waals surface area (Å²) < 4.78 is 27.3. The van der Waals surface area contributed by atoms with Crippen LogP contribution in [0.2, 0.25) is 0 Å². The maximum atomic E-state index is 14.1. The van der Waals surface area contributed by atoms with Crippen molar-refractivity contribution in [1.29, 1.82) is 0 Å². The lowest BCUT2D eigenvalue weighted by Crippen LogP contribution is -2.17. The predicted molar refractivity (Wildman–Crippen MR) is 75.0 cm³/mol. The molecule has 0 aliphatic heterocycles. The number of alkyl halides is 1. The van der Waals surface area contributed by atoms with Gasteiger partial charge in [-0.2, -0.15) is 0 Å². The van der Waals surface area contributed by atoms with Crippen molar-refractivity contribution in [3.05, 3.63) is 59.7 Å². The summed E-state index contributed by atoms with van der Waals surface area (Å²) in [5.74, 6) is -0.429. The highest BCUT2D eigenvalue weighted by atomic mass is 35.5. The van der Waals surface area contributed by atoms with Crippen molar-refractivity contribution in [3.63, 3.8) is 0 Å². The highest BCUT2D eigenvalue weighted by Crippen LogP contribution is 2.28. The zero-order chi connectivity index (χ0) is 13.8. The molecule has 0 unspecified atom stereocenters. The van der Waals surface area contributed by atoms with Crippen molar-refractivity contribution >= 4 is 23.0 Å². The molecular formula is C15H14ClF2N. The number of benzene rings is 2. The fraction of sp³-hybridized carbons (Fsp3) is 0.200. The van der Waals surface area contributed by atoms with Crippen molar-refractivity contribution in [2.45, 2.75) is 12.8 Å². The van der Waals surface area contributed by atoms with Gasteiger partial charge in [0.2, 0.25) is 0 Å². The molecule has 19 heavy (non-hydrogen) atoms. The molecule has 0 aliphatic carbocycles. The Balaban J connectivity index is 2.42. The lowest BCUT2D eigenvalue weighted by atomic mass is 10.2. The van der Waals surface area contributed by atoms with Crippen molar-refractivity contribution in [2.75, 3.05) is 11.4 Å². The molecule has 0 heterocycles. The summed E-state index contributed by atoms with van der Waals surface area (Å²) in [6, 6.07) is 11.0. The van der Waals surface area contributed by atoms with Crippen LogP contribution < -0.4 is 4.90 Å². The SMILES string of the molecule is CCN(c1cccc(F)c1)c1ccc(CCl)cc1F. The summed E-state index contributed by atoms with van der Waals surface area (Å²) in [7, 11) is 0. The summed E-state index contributed by atoms with van der Waals surface area (Å²) in [6.07, 6.45) is 0. The second-order valence-electron chi connectivity index (χ2n) is 4.14. The zero-order valence-corrected chi connectivity index (χ0v) is 11.3. The summed E-state index contributed by atoms with van der Waals surface area (Å²) in [5.41, 5.74) is 1.76. The van der Waals surface area contributed by atoms with Crippen LogP contribution >= 0.6 is 11.6 Å². The van der Waals surface area contributed by atoms with Crippen molar-refractivity contribution in [2.24, 2.45) is 0 Å². The second kappa shape index (κ2) is 6.02. The van der Waals surface area contributed by atoms with Gasteiger partial charge in [-0.3, -0.25) is 0 Å². The van der Waals surface area contributed by atoms with Gasteiger partial charge in [-0.15, -0.1) is 11.6 Å². The summed E-state index contributed by atoms with van der Waals surface area (Å²) >= 11 is 5.67. The van der Waals surface area contributed by atoms with Gasteiger partial charge in [-0.05, 0) is 42.8 Å². The van der Waals surface area contributed by atoms with Gasteiger partial charge in [0.05, 0.1) is 5.69 Å². The van der Waals surface area contributed by atoms with Gasteiger partial charge in [0.25, 0.3) is 0 Å². The summed E-state index contributed by atoms with van der Waals surface area (Å²) in [6.45, 7) is 2.43. The van der Waals surface area contributed by atoms with Gasteiger partial charge in [-0.1, -0.05) is 12.1 Å². The van der Waals surface area contributed by atoms with E-state index in [9.17, 15) is 8.78 Å². The van der Waals surface area contributed by atoms with E-state index in [4.69, 9.17) is 11.6 Å². The van der Waals surface area contributed by atoms with E-state index in [-0.39, 0.29) is 17.5 Å². The fourth-order valence-electron chi connectivity index (χ4n) is 1.99. The Morgan fingerprint density at radius 2 is 1.89 bits per heavy atom. The maximum Gasteiger partial charge on any atom is 0.147 e. The maximum absolute atomic E-state index is 14.1. The molecule has 0 spiro atoms. The number of halogens is 3. The molecule has 1 nitrogen and oxygen atoms in total. The van der Waals surface area contributed by atoms with E-state index in [2.05, 4.69) is 0 Å². The number of hydrogen-bond donors (Lipinski definition) is 0. The average molecular weight is 282 g/mol. The Morgan fingerprint density at radius 1 is 1.11 bits per heavy atom. The minimum atomic E-state index is -0.357. The van der Waals surface area contributed by atoms with Crippen molar-refractivity contribution < 1.29 is 8.78 Å². The Hall–Kier alpha value is -1.61. The number of hydrogen-bond acceptors (Lipinski definition) is 1. The van der Waals surface area contributed by atoms with Crippen LogP contribution in [-0.4, -0.2) is 6.54 Å². The first-order valence-corrected chi connectivity index (χ1v) is 6.56. The molecule has 0 bridgehead atoms. The monoisotopic (exact) mass is 281 g/mol. The lowest BCUT2D eigenvalue weighted by Gasteiger charge is -2.24. The molecule has 0 saturated heterocycles. The van der Waals surface area contributed by atoms with Crippen LogP contribution in [0.3, 0.4) is 0 Å². The third-order valence-corrected chi connectivity index (χ3v) is 3.20. The first-order valence-electron chi connectivity index (χ1n) is 6.03. The van der Waals surface area contributed by atoms with E-state index >= 15 is 0 Å². The van der Waals surface area contributed by atoms with Crippen LogP contribution in [0.5, 0.6) is 0 Å². The van der Waals surface area contributed by atoms with E-state index in [0.717, 1.165) is 5.56 Å². The molecule has 0 aliphatic rings. The highest BCUT2D eigenvalue weighted by molar-refractivity contribution is 6.17. The molecule has 4 heteroatoms. The third kappa shape index (κ3) is 3.04. The number of nitrogens with zero attached hydrogens (tertiary/aromatic N) is 1. The minimum Gasteiger partial charge on any atom is -0.339 e. The van der Waals surface area contributed by atoms with Crippen LogP contribution in [-0.2, 0) is 5.88 Å². The minimum absolute atomic E-state index is 0.267. The molecule has 0 saturated carbocycles. The van der Waals surface area contributed by atoms with Crippen LogP contribution in [0.4, 0.5) is 20.2 Å². The van der Waals surface area contributed by atoms with E-state index in [1.54, 1.807) is 29.2 Å². The quantitative estimate of drug-likeness (QED) is 0.723. The molecule has 2 aromatic rings. The molecular weight excluding hydrogens is 268 g/mol. The van der Waals surface area contributed by atoms with Gasteiger partial charge < -0.3 is 4.90 Å². The first kappa shape index (κ1) is 13.8. The largest absolute Gasteiger partial charge is 0.339 e. The van der Waals surface area contributed by atoms with Gasteiger partial charge >= 0.3 is 0 Å². The van der Waals surface area contributed by atoms with Gasteiger partial charge in [0, 0.05) is 18.1 Å². The molecule has 2 rings (SSSR count). The second-order valence-corrected chi connectivity index (χ2v) is 4.41. The molecule has 2 aromatic carbocycles. The van der Waals surface area contributed by atoms with Crippen LogP contribution in [0.1, 0.15) is 12.5 Å². The van der Waals surface area contributed by atoms with E-state index in [1.807, 2.05) is 6.92 Å². The Morgan fingerprint density at radius 3 is 2.47 bits per heavy atom. The lowest BCUT2D eigenvalue weighted by molar-refractivity contribution is 0.620. The van der Waals surface area contributed by atoms with Gasteiger partial charge in [0.1, 0.15) is 11.6 Å². The third-order valence-electron chi connectivity index (χ3n) is 2.89. The molecule has 0 atom stereocenters. The Kier molecular flexibility index (Phi) is 4.38. The smallest absolute Gasteiger partial charge is 0.147 e. The average Bonchev–Trinajstić information content (AvgIpc) is 2.41. The summed E-state index contributed by atoms with van der Waals surface area (Å²) in [5, 5.41) is 0. The number of anilines is 2.